The van der Waals surface area contributed by atoms with E-state index >= 15 is 0 Å². The molecule has 3 aromatic carbocycles. The highest BCUT2D eigenvalue weighted by molar-refractivity contribution is 6.58. The van der Waals surface area contributed by atoms with Gasteiger partial charge in [0.2, 0.25) is 0 Å². The lowest BCUT2D eigenvalue weighted by molar-refractivity contribution is -0.141. The Morgan fingerprint density at radius 2 is 1.57 bits per heavy atom. The maximum atomic E-state index is 14.7. The van der Waals surface area contributed by atoms with Crippen molar-refractivity contribution in [1.82, 2.24) is 9.99 Å². The number of aromatic nitrogens is 1. The van der Waals surface area contributed by atoms with E-state index < -0.39 is 80.6 Å². The summed E-state index contributed by atoms with van der Waals surface area (Å²) in [5.41, 5.74) is -0.444. The van der Waals surface area contributed by atoms with Crippen molar-refractivity contribution in [1.29, 1.82) is 0 Å². The first-order valence-electron chi connectivity index (χ1n) is 16.3. The second-order valence-corrected chi connectivity index (χ2v) is 15.1. The lowest BCUT2D eigenvalue weighted by Crippen LogP contribution is -2.60. The Balaban J connectivity index is 1.29. The van der Waals surface area contributed by atoms with E-state index in [1.54, 1.807) is 36.4 Å². The van der Waals surface area contributed by atoms with E-state index in [0.717, 1.165) is 28.1 Å². The molecule has 1 aromatic heterocycles. The molecule has 2 aliphatic carbocycles. The number of imide groups is 2. The highest BCUT2D eigenvalue weighted by Crippen LogP contribution is 2.66. The van der Waals surface area contributed by atoms with Gasteiger partial charge in [0.05, 0.1) is 22.5 Å². The van der Waals surface area contributed by atoms with Crippen LogP contribution in [0.3, 0.4) is 0 Å². The number of hydrogen-bond donors (Lipinski definition) is 1. The number of amides is 4. The number of benzene rings is 3. The second kappa shape index (κ2) is 11.9. The number of allylic oxidation sites excluding steroid dienone is 2. The van der Waals surface area contributed by atoms with Crippen LogP contribution in [-0.2, 0) is 25.4 Å². The SMILES string of the molecule is CN(c1nc(C(F)(F)F)ccc1Cl)N1C(=O)[C@H]2[C@H](CC=C3[C@H]2C[C@@]2(Cl)C(=O)N(c4ccc(F)cc4)C(=O)[C@@]2(Cl)[C@H]3c2ccc(O)c3ccccc23)C1=O. The fourth-order valence-corrected chi connectivity index (χ4v) is 9.65. The molecule has 0 bridgehead atoms. The van der Waals surface area contributed by atoms with Gasteiger partial charge in [-0.25, -0.2) is 14.3 Å². The minimum atomic E-state index is -4.85. The van der Waals surface area contributed by atoms with Crippen molar-refractivity contribution in [2.45, 2.75) is 34.7 Å². The van der Waals surface area contributed by atoms with Gasteiger partial charge in [0.1, 0.15) is 17.3 Å². The Morgan fingerprint density at radius 1 is 0.887 bits per heavy atom. The number of carbonyl (C=O) groups is 4. The molecular weight excluding hydrogens is 763 g/mol. The third kappa shape index (κ3) is 4.86. The molecule has 3 fully saturated rings. The third-order valence-electron chi connectivity index (χ3n) is 10.8. The summed E-state index contributed by atoms with van der Waals surface area (Å²) in [6.07, 6.45) is -3.58. The molecule has 0 radical (unpaired) electrons. The molecule has 6 atom stereocenters. The van der Waals surface area contributed by atoms with Crippen LogP contribution in [0, 0.1) is 23.6 Å². The summed E-state index contributed by atoms with van der Waals surface area (Å²) >= 11 is 21.2. The molecule has 4 aromatic rings. The summed E-state index contributed by atoms with van der Waals surface area (Å²) in [7, 11) is 1.19. The Labute approximate surface area is 313 Å². The van der Waals surface area contributed by atoms with Crippen molar-refractivity contribution in [3.05, 3.63) is 107 Å². The lowest BCUT2D eigenvalue weighted by atomic mass is 9.56. The molecule has 2 aliphatic heterocycles. The normalized spacial score (nSPS) is 28.3. The first kappa shape index (κ1) is 35.3. The Hall–Kier alpha value is -4.72. The number of phenols is 1. The van der Waals surface area contributed by atoms with Crippen molar-refractivity contribution in [2.75, 3.05) is 17.0 Å². The van der Waals surface area contributed by atoms with E-state index in [2.05, 4.69) is 4.98 Å². The smallest absolute Gasteiger partial charge is 0.433 e. The number of fused-ring (bicyclic) bond motifs is 5. The molecule has 8 rings (SSSR count). The number of carbonyl (C=O) groups excluding carboxylic acids is 4. The predicted octanol–water partition coefficient (Wildman–Crippen LogP) is 7.37. The topological polar surface area (TPSA) is 111 Å². The molecule has 272 valence electrons. The van der Waals surface area contributed by atoms with E-state index in [0.29, 0.717) is 33.0 Å². The standard InChI is InChI=1S/C37H25Cl3F4N4O5/c1-46(30-25(38)13-15-27(45-30)37(42,43)44)48-31(50)23-11-10-22-24(28(23)32(48)51)16-35(39)33(52)47(18-8-6-17(41)7-9-18)34(53)36(35,40)29(22)21-12-14-26(49)20-5-3-2-4-19(20)21/h2-10,12-15,23-24,28-29,49H,11,16H2,1H3/t23-,24+,28-,29-,35+,36-/m0/s1. The van der Waals surface area contributed by atoms with Gasteiger partial charge in [0, 0.05) is 18.4 Å². The maximum Gasteiger partial charge on any atom is 0.433 e. The number of halogens is 7. The van der Waals surface area contributed by atoms with Crippen molar-refractivity contribution < 1.29 is 41.8 Å². The van der Waals surface area contributed by atoms with Gasteiger partial charge in [-0.1, -0.05) is 53.6 Å². The van der Waals surface area contributed by atoms with Crippen LogP contribution in [0.1, 0.15) is 30.0 Å². The zero-order chi connectivity index (χ0) is 37.9. The Kier molecular flexibility index (Phi) is 7.92. The first-order valence-corrected chi connectivity index (χ1v) is 17.4. The summed E-state index contributed by atoms with van der Waals surface area (Å²) in [6, 6.07) is 16.0. The summed E-state index contributed by atoms with van der Waals surface area (Å²) in [5, 5.41) is 13.0. The minimum Gasteiger partial charge on any atom is -0.507 e. The molecule has 4 aliphatic rings. The lowest BCUT2D eigenvalue weighted by Gasteiger charge is -2.51. The highest BCUT2D eigenvalue weighted by Gasteiger charge is 2.77. The molecule has 4 amide bonds. The molecule has 3 heterocycles. The van der Waals surface area contributed by atoms with Crippen molar-refractivity contribution in [3.8, 4) is 5.75 Å². The zero-order valence-corrected chi connectivity index (χ0v) is 29.5. The molecule has 0 unspecified atom stereocenters. The van der Waals surface area contributed by atoms with E-state index in [1.165, 1.54) is 25.2 Å². The van der Waals surface area contributed by atoms with Gasteiger partial charge in [0.25, 0.3) is 23.6 Å². The van der Waals surface area contributed by atoms with Crippen molar-refractivity contribution >= 4 is 80.7 Å². The number of alkyl halides is 5. The van der Waals surface area contributed by atoms with Gasteiger partial charge in [-0.15, -0.1) is 23.2 Å². The summed E-state index contributed by atoms with van der Waals surface area (Å²) in [5.74, 6) is -8.98. The number of phenolic OH excluding ortho intramolecular Hbond substituents is 1. The summed E-state index contributed by atoms with van der Waals surface area (Å²) in [4.78, 5) is 57.7. The zero-order valence-electron chi connectivity index (χ0n) is 27.2. The van der Waals surface area contributed by atoms with Crippen LogP contribution in [0.2, 0.25) is 5.02 Å². The quantitative estimate of drug-likeness (QED) is 0.0996. The van der Waals surface area contributed by atoms with Gasteiger partial charge < -0.3 is 5.11 Å². The number of hydrazine groups is 1. The number of nitrogens with zero attached hydrogens (tertiary/aromatic N) is 4. The number of hydrogen-bond acceptors (Lipinski definition) is 7. The summed E-state index contributed by atoms with van der Waals surface area (Å²) in [6.45, 7) is 0. The Morgan fingerprint density at radius 3 is 2.25 bits per heavy atom. The average molecular weight is 788 g/mol. The third-order valence-corrected chi connectivity index (χ3v) is 12.6. The fourth-order valence-electron chi connectivity index (χ4n) is 8.49. The van der Waals surface area contributed by atoms with Crippen LogP contribution >= 0.6 is 34.8 Å². The van der Waals surface area contributed by atoms with Gasteiger partial charge >= 0.3 is 6.18 Å². The van der Waals surface area contributed by atoms with E-state index in [9.17, 15) is 41.8 Å². The molecule has 53 heavy (non-hydrogen) atoms. The Bertz CT molecular complexity index is 2320. The molecule has 1 saturated carbocycles. The maximum absolute atomic E-state index is 14.7. The van der Waals surface area contributed by atoms with E-state index in [4.69, 9.17) is 34.8 Å². The monoisotopic (exact) mass is 786 g/mol. The second-order valence-electron chi connectivity index (χ2n) is 13.5. The van der Waals surface area contributed by atoms with Crippen LogP contribution in [0.25, 0.3) is 10.8 Å². The predicted molar refractivity (Wildman–Crippen MR) is 187 cm³/mol. The van der Waals surface area contributed by atoms with Crippen LogP contribution in [0.5, 0.6) is 5.75 Å². The molecule has 0 spiro atoms. The van der Waals surface area contributed by atoms with Gasteiger partial charge in [-0.3, -0.25) is 24.2 Å². The van der Waals surface area contributed by atoms with Crippen LogP contribution in [0.15, 0.2) is 84.4 Å². The van der Waals surface area contributed by atoms with Gasteiger partial charge in [-0.05, 0) is 72.2 Å². The largest absolute Gasteiger partial charge is 0.507 e. The number of aromatic hydroxyl groups is 1. The molecule has 16 heteroatoms. The van der Waals surface area contributed by atoms with Gasteiger partial charge in [-0.2, -0.15) is 18.2 Å². The van der Waals surface area contributed by atoms with E-state index in [-0.39, 0.29) is 29.3 Å². The van der Waals surface area contributed by atoms with Crippen molar-refractivity contribution in [3.63, 3.8) is 0 Å². The molecular formula is C37H25Cl3F4N4O5. The van der Waals surface area contributed by atoms with Crippen LogP contribution < -0.4 is 9.91 Å². The fraction of sp³-hybridized carbons (Fsp3) is 0.270. The molecule has 2 saturated heterocycles. The average Bonchev–Trinajstić information content (AvgIpc) is 3.46. The van der Waals surface area contributed by atoms with Crippen LogP contribution in [-0.4, -0.2) is 55.5 Å². The number of anilines is 2. The number of pyridine rings is 1. The first-order chi connectivity index (χ1) is 25.0. The highest BCUT2D eigenvalue weighted by atomic mass is 35.5. The van der Waals surface area contributed by atoms with Crippen LogP contribution in [0.4, 0.5) is 29.1 Å². The summed E-state index contributed by atoms with van der Waals surface area (Å²) < 4.78 is 54.8. The van der Waals surface area contributed by atoms with Crippen molar-refractivity contribution in [2.24, 2.45) is 17.8 Å². The van der Waals surface area contributed by atoms with E-state index in [1.807, 2.05) is 0 Å². The minimum absolute atomic E-state index is 0.00498. The molecule has 1 N–H and O–H groups in total. The molecule has 9 nitrogen and oxygen atoms in total. The van der Waals surface area contributed by atoms with Gasteiger partial charge in [0.15, 0.2) is 15.6 Å². The number of rotatable bonds is 4.